The summed E-state index contributed by atoms with van der Waals surface area (Å²) in [5, 5.41) is 3.12. The molecule has 0 radical (unpaired) electrons. The Labute approximate surface area is 178 Å². The number of rotatable bonds is 5. The number of benzene rings is 1. The number of aryl methyl sites for hydroxylation is 1. The molecule has 0 saturated carbocycles. The largest absolute Gasteiger partial charge is 0.354 e. The minimum Gasteiger partial charge on any atom is -0.354 e. The zero-order valence-electron chi connectivity index (χ0n) is 16.7. The van der Waals surface area contributed by atoms with E-state index in [-0.39, 0.29) is 13.1 Å². The maximum atomic E-state index is 14.0. The van der Waals surface area contributed by atoms with Crippen molar-refractivity contribution in [3.8, 4) is 0 Å². The van der Waals surface area contributed by atoms with Gasteiger partial charge < -0.3 is 10.2 Å². The minimum atomic E-state index is -4.14. The molecule has 1 saturated heterocycles. The van der Waals surface area contributed by atoms with E-state index in [0.717, 1.165) is 22.0 Å². The van der Waals surface area contributed by atoms with E-state index in [2.05, 4.69) is 20.3 Å². The molecule has 162 valence electrons. The molecule has 31 heavy (non-hydrogen) atoms. The van der Waals surface area contributed by atoms with Crippen molar-refractivity contribution < 1.29 is 17.2 Å². The molecule has 3 aromatic rings. The van der Waals surface area contributed by atoms with E-state index in [9.17, 15) is 17.2 Å². The number of anilines is 3. The molecule has 0 atom stereocenters. The molecule has 4 rings (SSSR count). The maximum Gasteiger partial charge on any atom is 0.246 e. The van der Waals surface area contributed by atoms with E-state index in [1.807, 2.05) is 24.0 Å². The summed E-state index contributed by atoms with van der Waals surface area (Å²) in [6.45, 7) is 2.88. The zero-order valence-corrected chi connectivity index (χ0v) is 17.5. The molecule has 0 spiro atoms. The van der Waals surface area contributed by atoms with Crippen molar-refractivity contribution in [3.05, 3.63) is 66.1 Å². The smallest absolute Gasteiger partial charge is 0.246 e. The Hall–Kier alpha value is -3.18. The zero-order chi connectivity index (χ0) is 22.0. The van der Waals surface area contributed by atoms with Crippen molar-refractivity contribution in [2.24, 2.45) is 0 Å². The van der Waals surface area contributed by atoms with Crippen molar-refractivity contribution in [1.82, 2.24) is 19.3 Å². The van der Waals surface area contributed by atoms with Crippen molar-refractivity contribution >= 4 is 27.5 Å². The fourth-order valence-corrected chi connectivity index (χ4v) is 4.79. The standard InChI is InChI=1S/C20H20F2N6O2S/c1-14-4-5-23-18(10-14)26-19-12-20(25-13-24-19)27-6-8-28(9-7-27)31(29,30)17-11-15(21)2-3-16(17)22/h2-5,10-13H,6-9H2,1H3,(H,23,24,25,26). The van der Waals surface area contributed by atoms with Crippen molar-refractivity contribution in [3.63, 3.8) is 0 Å². The average molecular weight is 446 g/mol. The van der Waals surface area contributed by atoms with E-state index < -0.39 is 26.6 Å². The molecule has 1 aliphatic heterocycles. The number of hydrogen-bond acceptors (Lipinski definition) is 7. The van der Waals surface area contributed by atoms with Crippen LogP contribution in [0, 0.1) is 18.6 Å². The topological polar surface area (TPSA) is 91.3 Å². The molecule has 1 fully saturated rings. The van der Waals surface area contributed by atoms with Gasteiger partial charge in [-0.3, -0.25) is 0 Å². The van der Waals surface area contributed by atoms with Gasteiger partial charge in [0.05, 0.1) is 0 Å². The first-order valence-electron chi connectivity index (χ1n) is 9.55. The second-order valence-corrected chi connectivity index (χ2v) is 8.98. The van der Waals surface area contributed by atoms with Gasteiger partial charge in [0.25, 0.3) is 0 Å². The van der Waals surface area contributed by atoms with Gasteiger partial charge in [-0.05, 0) is 42.8 Å². The lowest BCUT2D eigenvalue weighted by Gasteiger charge is -2.34. The summed E-state index contributed by atoms with van der Waals surface area (Å²) < 4.78 is 54.1. The molecule has 0 bridgehead atoms. The molecule has 1 N–H and O–H groups in total. The predicted molar refractivity (Wildman–Crippen MR) is 112 cm³/mol. The lowest BCUT2D eigenvalue weighted by atomic mass is 10.3. The number of pyridine rings is 1. The molecule has 0 unspecified atom stereocenters. The number of hydrogen-bond donors (Lipinski definition) is 1. The molecule has 0 aliphatic carbocycles. The third-order valence-corrected chi connectivity index (χ3v) is 6.81. The summed E-state index contributed by atoms with van der Waals surface area (Å²) in [5.41, 5.74) is 1.05. The van der Waals surface area contributed by atoms with Gasteiger partial charge >= 0.3 is 0 Å². The highest BCUT2D eigenvalue weighted by atomic mass is 32.2. The molecule has 1 aromatic carbocycles. The van der Waals surface area contributed by atoms with Gasteiger partial charge in [0.2, 0.25) is 10.0 Å². The lowest BCUT2D eigenvalue weighted by Crippen LogP contribution is -2.49. The number of aromatic nitrogens is 3. The van der Waals surface area contributed by atoms with Gasteiger partial charge in [0.1, 0.15) is 40.3 Å². The van der Waals surface area contributed by atoms with Crippen molar-refractivity contribution in [2.75, 3.05) is 36.4 Å². The molecule has 0 amide bonds. The number of nitrogens with zero attached hydrogens (tertiary/aromatic N) is 5. The van der Waals surface area contributed by atoms with E-state index in [0.29, 0.717) is 36.6 Å². The summed E-state index contributed by atoms with van der Waals surface area (Å²) in [7, 11) is -4.14. The number of sulfonamides is 1. The van der Waals surface area contributed by atoms with Crippen LogP contribution in [0.5, 0.6) is 0 Å². The van der Waals surface area contributed by atoms with E-state index in [1.165, 1.54) is 6.33 Å². The van der Waals surface area contributed by atoms with Crippen molar-refractivity contribution in [2.45, 2.75) is 11.8 Å². The van der Waals surface area contributed by atoms with Crippen LogP contribution in [0.1, 0.15) is 5.56 Å². The SMILES string of the molecule is Cc1ccnc(Nc2cc(N3CCN(S(=O)(=O)c4cc(F)ccc4F)CC3)ncn2)c1. The van der Waals surface area contributed by atoms with Crippen molar-refractivity contribution in [1.29, 1.82) is 0 Å². The summed E-state index contributed by atoms with van der Waals surface area (Å²) in [4.78, 5) is 14.0. The summed E-state index contributed by atoms with van der Waals surface area (Å²) in [6, 6.07) is 7.94. The third-order valence-electron chi connectivity index (χ3n) is 4.90. The second kappa shape index (κ2) is 8.52. The van der Waals surface area contributed by atoms with Gasteiger partial charge in [0, 0.05) is 38.4 Å². The summed E-state index contributed by atoms with van der Waals surface area (Å²) in [5.74, 6) is 0.0552. The van der Waals surface area contributed by atoms with Crippen LogP contribution in [-0.2, 0) is 10.0 Å². The quantitative estimate of drug-likeness (QED) is 0.644. The molecule has 11 heteroatoms. The molecule has 1 aliphatic rings. The third kappa shape index (κ3) is 4.62. The molecular formula is C20H20F2N6O2S. The number of nitrogens with one attached hydrogen (secondary N) is 1. The molecule has 3 heterocycles. The summed E-state index contributed by atoms with van der Waals surface area (Å²) >= 11 is 0. The Morgan fingerprint density at radius 2 is 1.68 bits per heavy atom. The van der Waals surface area contributed by atoms with Crippen LogP contribution in [-0.4, -0.2) is 53.9 Å². The lowest BCUT2D eigenvalue weighted by molar-refractivity contribution is 0.381. The van der Waals surface area contributed by atoms with Gasteiger partial charge in [-0.25, -0.2) is 32.2 Å². The van der Waals surface area contributed by atoms with Crippen LogP contribution >= 0.6 is 0 Å². The maximum absolute atomic E-state index is 14.0. The van der Waals surface area contributed by atoms with Crippen LogP contribution in [0.4, 0.5) is 26.2 Å². The highest BCUT2D eigenvalue weighted by Gasteiger charge is 2.31. The minimum absolute atomic E-state index is 0.116. The van der Waals surface area contributed by atoms with Gasteiger partial charge in [-0.1, -0.05) is 0 Å². The fourth-order valence-electron chi connectivity index (χ4n) is 3.30. The molecule has 2 aromatic heterocycles. The number of piperazine rings is 1. The number of halogens is 2. The molecular weight excluding hydrogens is 426 g/mol. The average Bonchev–Trinajstić information content (AvgIpc) is 2.76. The van der Waals surface area contributed by atoms with Crippen LogP contribution in [0.25, 0.3) is 0 Å². The van der Waals surface area contributed by atoms with Crippen LogP contribution < -0.4 is 10.2 Å². The Kier molecular flexibility index (Phi) is 5.79. The van der Waals surface area contributed by atoms with E-state index in [4.69, 9.17) is 0 Å². The molecule has 8 nitrogen and oxygen atoms in total. The Bertz CT molecular complexity index is 1200. The first kappa shape index (κ1) is 21.1. The fraction of sp³-hybridized carbons (Fsp3) is 0.250. The van der Waals surface area contributed by atoms with Gasteiger partial charge in [-0.2, -0.15) is 4.31 Å². The Balaban J connectivity index is 1.46. The normalized spacial score (nSPS) is 15.1. The highest BCUT2D eigenvalue weighted by molar-refractivity contribution is 7.89. The van der Waals surface area contributed by atoms with E-state index in [1.54, 1.807) is 12.3 Å². The first-order chi connectivity index (χ1) is 14.8. The van der Waals surface area contributed by atoms with Crippen LogP contribution in [0.15, 0.2) is 53.8 Å². The monoisotopic (exact) mass is 446 g/mol. The first-order valence-corrected chi connectivity index (χ1v) is 11.0. The highest BCUT2D eigenvalue weighted by Crippen LogP contribution is 2.24. The Morgan fingerprint density at radius 3 is 2.42 bits per heavy atom. The van der Waals surface area contributed by atoms with Gasteiger partial charge in [0.15, 0.2) is 0 Å². The predicted octanol–water partition coefficient (Wildman–Crippen LogP) is 2.71. The summed E-state index contributed by atoms with van der Waals surface area (Å²) in [6.07, 6.45) is 3.11. The second-order valence-electron chi connectivity index (χ2n) is 7.07. The van der Waals surface area contributed by atoms with Crippen LogP contribution in [0.3, 0.4) is 0 Å². The van der Waals surface area contributed by atoms with Crippen LogP contribution in [0.2, 0.25) is 0 Å². The van der Waals surface area contributed by atoms with E-state index >= 15 is 0 Å². The Morgan fingerprint density at radius 1 is 0.935 bits per heavy atom. The van der Waals surface area contributed by atoms with Gasteiger partial charge in [-0.15, -0.1) is 0 Å².